The third kappa shape index (κ3) is 4.73. The molecular formula is C11H12ClN3O5. The number of carbonyl (C=O) groups is 2. The van der Waals surface area contributed by atoms with Crippen LogP contribution in [-0.4, -0.2) is 30.0 Å². The number of nitro groups is 1. The zero-order valence-corrected chi connectivity index (χ0v) is 11.3. The molecule has 108 valence electrons. The lowest BCUT2D eigenvalue weighted by Crippen LogP contribution is -2.41. The molecule has 0 unspecified atom stereocenters. The third-order valence-corrected chi connectivity index (χ3v) is 2.37. The Morgan fingerprint density at radius 1 is 1.45 bits per heavy atom. The van der Waals surface area contributed by atoms with Crippen molar-refractivity contribution in [2.24, 2.45) is 0 Å². The summed E-state index contributed by atoms with van der Waals surface area (Å²) in [4.78, 5) is 32.3. The Labute approximate surface area is 119 Å². The summed E-state index contributed by atoms with van der Waals surface area (Å²) < 4.78 is 5.07. The van der Waals surface area contributed by atoms with Crippen LogP contribution in [0, 0.1) is 10.1 Å². The van der Waals surface area contributed by atoms with Crippen LogP contribution < -0.4 is 15.4 Å². The van der Waals surface area contributed by atoms with Crippen molar-refractivity contribution in [3.05, 3.63) is 33.3 Å². The molecule has 0 saturated heterocycles. The van der Waals surface area contributed by atoms with E-state index in [1.807, 2.05) is 5.32 Å². The van der Waals surface area contributed by atoms with Crippen LogP contribution in [0.4, 0.5) is 10.5 Å². The van der Waals surface area contributed by atoms with E-state index in [0.717, 1.165) is 6.07 Å². The molecule has 20 heavy (non-hydrogen) atoms. The zero-order chi connectivity index (χ0) is 15.1. The molecule has 3 amide bonds. The number of hydrogen-bond acceptors (Lipinski definition) is 5. The number of nitrogens with zero attached hydrogens (tertiary/aromatic N) is 1. The molecule has 0 aliphatic carbocycles. The summed E-state index contributed by atoms with van der Waals surface area (Å²) in [6.07, 6.45) is 0. The van der Waals surface area contributed by atoms with Crippen molar-refractivity contribution < 1.29 is 19.2 Å². The van der Waals surface area contributed by atoms with Gasteiger partial charge in [-0.2, -0.15) is 0 Å². The molecular weight excluding hydrogens is 290 g/mol. The van der Waals surface area contributed by atoms with Crippen molar-refractivity contribution in [1.29, 1.82) is 0 Å². The summed E-state index contributed by atoms with van der Waals surface area (Å²) in [5.74, 6) is -0.548. The summed E-state index contributed by atoms with van der Waals surface area (Å²) >= 11 is 5.77. The second-order valence-corrected chi connectivity index (χ2v) is 3.98. The van der Waals surface area contributed by atoms with Gasteiger partial charge in [0.2, 0.25) is 0 Å². The van der Waals surface area contributed by atoms with Gasteiger partial charge in [0.25, 0.3) is 11.6 Å². The van der Waals surface area contributed by atoms with Crippen molar-refractivity contribution in [2.45, 2.75) is 6.92 Å². The standard InChI is InChI=1S/C11H12ClN3O5/c1-2-13-11(17)14-10(16)6-20-9-4-3-7(15(18)19)5-8(9)12/h3-5H,2,6H2,1H3,(H2,13,14,16,17). The van der Waals surface area contributed by atoms with Gasteiger partial charge in [0.15, 0.2) is 6.61 Å². The normalized spacial score (nSPS) is 9.70. The average molecular weight is 302 g/mol. The summed E-state index contributed by atoms with van der Waals surface area (Å²) in [6.45, 7) is 1.65. The van der Waals surface area contributed by atoms with Crippen LogP contribution in [0.15, 0.2) is 18.2 Å². The van der Waals surface area contributed by atoms with E-state index in [0.29, 0.717) is 6.54 Å². The smallest absolute Gasteiger partial charge is 0.321 e. The van der Waals surface area contributed by atoms with Gasteiger partial charge in [-0.05, 0) is 13.0 Å². The highest BCUT2D eigenvalue weighted by Gasteiger charge is 2.12. The number of carbonyl (C=O) groups excluding carboxylic acids is 2. The Morgan fingerprint density at radius 3 is 2.70 bits per heavy atom. The predicted octanol–water partition coefficient (Wildman–Crippen LogP) is 1.47. The maximum absolute atomic E-state index is 11.3. The van der Waals surface area contributed by atoms with Crippen molar-refractivity contribution in [1.82, 2.24) is 10.6 Å². The minimum Gasteiger partial charge on any atom is -0.482 e. The van der Waals surface area contributed by atoms with E-state index in [2.05, 4.69) is 5.32 Å². The average Bonchev–Trinajstić information content (AvgIpc) is 2.37. The molecule has 0 atom stereocenters. The van der Waals surface area contributed by atoms with Crippen molar-refractivity contribution in [3.8, 4) is 5.75 Å². The van der Waals surface area contributed by atoms with E-state index < -0.39 is 23.5 Å². The number of nitro benzene ring substituents is 1. The van der Waals surface area contributed by atoms with E-state index in [4.69, 9.17) is 16.3 Å². The largest absolute Gasteiger partial charge is 0.482 e. The fourth-order valence-electron chi connectivity index (χ4n) is 1.23. The van der Waals surface area contributed by atoms with Crippen LogP contribution in [0.3, 0.4) is 0 Å². The van der Waals surface area contributed by atoms with E-state index in [-0.39, 0.29) is 16.5 Å². The van der Waals surface area contributed by atoms with Gasteiger partial charge in [0.1, 0.15) is 5.75 Å². The highest BCUT2D eigenvalue weighted by molar-refractivity contribution is 6.32. The lowest BCUT2D eigenvalue weighted by Gasteiger charge is -2.08. The topological polar surface area (TPSA) is 111 Å². The van der Waals surface area contributed by atoms with Crippen molar-refractivity contribution >= 4 is 29.2 Å². The highest BCUT2D eigenvalue weighted by atomic mass is 35.5. The number of imide groups is 1. The Morgan fingerprint density at radius 2 is 2.15 bits per heavy atom. The number of halogens is 1. The van der Waals surface area contributed by atoms with Gasteiger partial charge in [0, 0.05) is 18.7 Å². The molecule has 0 spiro atoms. The first-order valence-corrected chi connectivity index (χ1v) is 5.96. The minimum atomic E-state index is -0.662. The van der Waals surface area contributed by atoms with Gasteiger partial charge in [-0.25, -0.2) is 4.79 Å². The predicted molar refractivity (Wildman–Crippen MR) is 70.8 cm³/mol. The minimum absolute atomic E-state index is 0.00464. The van der Waals surface area contributed by atoms with Crippen molar-refractivity contribution in [2.75, 3.05) is 13.2 Å². The first kappa shape index (κ1) is 15.7. The summed E-state index contributed by atoms with van der Waals surface area (Å²) in [5, 5.41) is 14.9. The Hall–Kier alpha value is -2.35. The molecule has 1 aromatic rings. The van der Waals surface area contributed by atoms with E-state index in [9.17, 15) is 19.7 Å². The number of ether oxygens (including phenoxy) is 1. The fraction of sp³-hybridized carbons (Fsp3) is 0.273. The number of urea groups is 1. The number of amides is 3. The maximum Gasteiger partial charge on any atom is 0.321 e. The van der Waals surface area contributed by atoms with E-state index >= 15 is 0 Å². The SMILES string of the molecule is CCNC(=O)NC(=O)COc1ccc([N+](=O)[O-])cc1Cl. The zero-order valence-electron chi connectivity index (χ0n) is 10.5. The molecule has 8 nitrogen and oxygen atoms in total. The van der Waals surface area contributed by atoms with Crippen LogP contribution in [-0.2, 0) is 4.79 Å². The monoisotopic (exact) mass is 301 g/mol. The molecule has 0 saturated carbocycles. The van der Waals surface area contributed by atoms with Gasteiger partial charge in [-0.3, -0.25) is 20.2 Å². The molecule has 1 rings (SSSR count). The highest BCUT2D eigenvalue weighted by Crippen LogP contribution is 2.28. The Balaban J connectivity index is 2.55. The van der Waals surface area contributed by atoms with Crippen LogP contribution in [0.2, 0.25) is 5.02 Å². The molecule has 1 aromatic carbocycles. The van der Waals surface area contributed by atoms with Gasteiger partial charge in [-0.1, -0.05) is 11.6 Å². The molecule has 0 aliphatic rings. The lowest BCUT2D eigenvalue weighted by atomic mass is 10.3. The van der Waals surface area contributed by atoms with Gasteiger partial charge in [-0.15, -0.1) is 0 Å². The molecule has 2 N–H and O–H groups in total. The lowest BCUT2D eigenvalue weighted by molar-refractivity contribution is -0.384. The van der Waals surface area contributed by atoms with Crippen LogP contribution in [0.25, 0.3) is 0 Å². The first-order chi connectivity index (χ1) is 9.43. The number of rotatable bonds is 5. The third-order valence-electron chi connectivity index (χ3n) is 2.08. The molecule has 0 heterocycles. The summed E-state index contributed by atoms with van der Waals surface area (Å²) in [5.41, 5.74) is -0.186. The molecule has 9 heteroatoms. The first-order valence-electron chi connectivity index (χ1n) is 5.58. The quantitative estimate of drug-likeness (QED) is 0.632. The van der Waals surface area contributed by atoms with Crippen LogP contribution in [0.5, 0.6) is 5.75 Å². The van der Waals surface area contributed by atoms with Crippen LogP contribution >= 0.6 is 11.6 Å². The second kappa shape index (κ2) is 7.29. The molecule has 0 bridgehead atoms. The van der Waals surface area contributed by atoms with Gasteiger partial charge < -0.3 is 10.1 Å². The van der Waals surface area contributed by atoms with Gasteiger partial charge in [0.05, 0.1) is 9.95 Å². The van der Waals surface area contributed by atoms with Crippen molar-refractivity contribution in [3.63, 3.8) is 0 Å². The maximum atomic E-state index is 11.3. The second-order valence-electron chi connectivity index (χ2n) is 3.57. The number of hydrogen-bond donors (Lipinski definition) is 2. The molecule has 0 aromatic heterocycles. The number of benzene rings is 1. The molecule has 0 fully saturated rings. The van der Waals surface area contributed by atoms with E-state index in [1.165, 1.54) is 12.1 Å². The number of non-ortho nitro benzene ring substituents is 1. The Bertz CT molecular complexity index is 535. The molecule has 0 radical (unpaired) electrons. The van der Waals surface area contributed by atoms with Gasteiger partial charge >= 0.3 is 6.03 Å². The fourth-order valence-corrected chi connectivity index (χ4v) is 1.46. The summed E-state index contributed by atoms with van der Waals surface area (Å²) in [6, 6.07) is 2.96. The summed E-state index contributed by atoms with van der Waals surface area (Å²) in [7, 11) is 0. The Kier molecular flexibility index (Phi) is 5.73. The van der Waals surface area contributed by atoms with Crippen LogP contribution in [0.1, 0.15) is 6.92 Å². The molecule has 0 aliphatic heterocycles. The van der Waals surface area contributed by atoms with E-state index in [1.54, 1.807) is 6.92 Å². The number of nitrogens with one attached hydrogen (secondary N) is 2.